The largest absolute Gasteiger partial charge is 0.495 e. The molecule has 1 aromatic rings. The number of carbonyl (C=O) groups is 1. The maximum atomic E-state index is 11.5. The molecule has 0 radical (unpaired) electrons. The summed E-state index contributed by atoms with van der Waals surface area (Å²) in [5.41, 5.74) is 0.767. The lowest BCUT2D eigenvalue weighted by molar-refractivity contribution is -0.110. The van der Waals surface area contributed by atoms with Crippen molar-refractivity contribution in [3.63, 3.8) is 0 Å². The van der Waals surface area contributed by atoms with Crippen LogP contribution >= 0.6 is 11.8 Å². The zero-order chi connectivity index (χ0) is 15.2. The number of sulfonamides is 1. The van der Waals surface area contributed by atoms with Gasteiger partial charge in [0.25, 0.3) is 0 Å². The number of methoxy groups -OCH3 is 1. The van der Waals surface area contributed by atoms with Gasteiger partial charge in [0.15, 0.2) is 0 Å². The predicted molar refractivity (Wildman–Crippen MR) is 79.4 cm³/mol. The zero-order valence-electron chi connectivity index (χ0n) is 11.3. The van der Waals surface area contributed by atoms with E-state index in [1.807, 2.05) is 6.26 Å². The van der Waals surface area contributed by atoms with Crippen molar-refractivity contribution in [1.29, 1.82) is 0 Å². The van der Waals surface area contributed by atoms with Crippen molar-refractivity contribution in [3.05, 3.63) is 23.8 Å². The van der Waals surface area contributed by atoms with E-state index in [1.54, 1.807) is 23.9 Å². The maximum Gasteiger partial charge on any atom is 0.241 e. The topological polar surface area (TPSA) is 98.5 Å². The van der Waals surface area contributed by atoms with Crippen molar-refractivity contribution < 1.29 is 17.9 Å². The molecule has 8 heteroatoms. The molecule has 0 spiro atoms. The molecule has 20 heavy (non-hydrogen) atoms. The van der Waals surface area contributed by atoms with E-state index >= 15 is 0 Å². The van der Waals surface area contributed by atoms with Crippen molar-refractivity contribution in [2.75, 3.05) is 19.1 Å². The number of hydrogen-bond donors (Lipinski definition) is 2. The minimum absolute atomic E-state index is 0.0495. The van der Waals surface area contributed by atoms with E-state index in [0.29, 0.717) is 12.8 Å². The number of hydrogen-bond acceptors (Lipinski definition) is 5. The molecule has 112 valence electrons. The van der Waals surface area contributed by atoms with Gasteiger partial charge in [0, 0.05) is 11.8 Å². The Labute approximate surface area is 123 Å². The second-order valence-corrected chi connectivity index (χ2v) is 6.61. The van der Waals surface area contributed by atoms with Crippen LogP contribution in [0, 0.1) is 0 Å². The van der Waals surface area contributed by atoms with E-state index in [9.17, 15) is 13.2 Å². The molecule has 0 heterocycles. The van der Waals surface area contributed by atoms with Crippen LogP contribution in [0.5, 0.6) is 5.75 Å². The van der Waals surface area contributed by atoms with Gasteiger partial charge in [0.1, 0.15) is 10.6 Å². The fraction of sp³-hybridized carbons (Fsp3) is 0.417. The maximum absolute atomic E-state index is 11.5. The molecule has 1 rings (SSSR count). The molecular weight excluding hydrogens is 300 g/mol. The third kappa shape index (κ3) is 4.69. The van der Waals surface area contributed by atoms with E-state index in [2.05, 4.69) is 5.32 Å². The normalized spacial score (nSPS) is 12.8. The smallest absolute Gasteiger partial charge is 0.241 e. The molecule has 6 nitrogen and oxygen atoms in total. The number of benzene rings is 1. The molecule has 1 atom stereocenters. The van der Waals surface area contributed by atoms with Crippen LogP contribution in [0.25, 0.3) is 0 Å². The van der Waals surface area contributed by atoms with E-state index in [-0.39, 0.29) is 16.7 Å². The monoisotopic (exact) mass is 318 g/mol. The van der Waals surface area contributed by atoms with Crippen molar-refractivity contribution in [2.24, 2.45) is 5.14 Å². The Morgan fingerprint density at radius 1 is 1.50 bits per heavy atom. The van der Waals surface area contributed by atoms with E-state index in [1.165, 1.54) is 13.2 Å². The number of amides is 1. The minimum Gasteiger partial charge on any atom is -0.495 e. The number of nitrogens with one attached hydrogen (secondary N) is 1. The summed E-state index contributed by atoms with van der Waals surface area (Å²) in [5, 5.41) is 7.87. The number of ether oxygens (including phenoxy) is 1. The first-order valence-electron chi connectivity index (χ1n) is 5.80. The number of rotatable bonds is 8. The van der Waals surface area contributed by atoms with Gasteiger partial charge in [0.2, 0.25) is 16.4 Å². The highest BCUT2D eigenvalue weighted by molar-refractivity contribution is 7.98. The van der Waals surface area contributed by atoms with Gasteiger partial charge in [-0.05, 0) is 30.4 Å². The first kappa shape index (κ1) is 16.8. The Bertz CT molecular complexity index is 561. The van der Waals surface area contributed by atoms with E-state index < -0.39 is 10.0 Å². The summed E-state index contributed by atoms with van der Waals surface area (Å²) in [6.45, 7) is 0. The third-order valence-electron chi connectivity index (χ3n) is 2.69. The van der Waals surface area contributed by atoms with Gasteiger partial charge in [0.05, 0.1) is 7.11 Å². The Morgan fingerprint density at radius 2 is 2.20 bits per heavy atom. The molecule has 3 N–H and O–H groups in total. The summed E-state index contributed by atoms with van der Waals surface area (Å²) in [4.78, 5) is 10.5. The average Bonchev–Trinajstić information content (AvgIpc) is 2.38. The second kappa shape index (κ2) is 7.51. The molecule has 0 fully saturated rings. The molecular formula is C12H18N2O4S2. The molecule has 0 saturated carbocycles. The van der Waals surface area contributed by atoms with Gasteiger partial charge in [-0.15, -0.1) is 0 Å². The van der Waals surface area contributed by atoms with Crippen LogP contribution in [0.4, 0.5) is 0 Å². The molecule has 0 aromatic heterocycles. The lowest BCUT2D eigenvalue weighted by Crippen LogP contribution is -2.32. The summed E-state index contributed by atoms with van der Waals surface area (Å²) in [6, 6.07) is 4.73. The van der Waals surface area contributed by atoms with Gasteiger partial charge in [-0.2, -0.15) is 11.8 Å². The highest BCUT2D eigenvalue weighted by Crippen LogP contribution is 2.24. The van der Waals surface area contributed by atoms with Crippen molar-refractivity contribution in [2.45, 2.75) is 17.4 Å². The Hall–Kier alpha value is -1.25. The Balaban J connectivity index is 3.05. The van der Waals surface area contributed by atoms with Gasteiger partial charge in [-0.1, -0.05) is 6.07 Å². The van der Waals surface area contributed by atoms with Crippen LogP contribution in [0.3, 0.4) is 0 Å². The summed E-state index contributed by atoms with van der Waals surface area (Å²) >= 11 is 1.60. The van der Waals surface area contributed by atoms with Gasteiger partial charge >= 0.3 is 0 Å². The summed E-state index contributed by atoms with van der Waals surface area (Å²) < 4.78 is 28.0. The van der Waals surface area contributed by atoms with Crippen LogP contribution in [-0.4, -0.2) is 40.0 Å². The quantitative estimate of drug-likeness (QED) is 0.675. The molecule has 0 saturated heterocycles. The number of nitrogens with two attached hydrogens (primary N) is 1. The Kier molecular flexibility index (Phi) is 6.31. The predicted octanol–water partition coefficient (Wildman–Crippen LogP) is 0.363. The van der Waals surface area contributed by atoms with Gasteiger partial charge < -0.3 is 10.1 Å². The van der Waals surface area contributed by atoms with Crippen molar-refractivity contribution in [1.82, 2.24) is 5.32 Å². The van der Waals surface area contributed by atoms with Crippen LogP contribution in [0.2, 0.25) is 0 Å². The highest BCUT2D eigenvalue weighted by Gasteiger charge is 2.17. The van der Waals surface area contributed by atoms with Crippen LogP contribution in [0.1, 0.15) is 5.56 Å². The molecule has 0 aliphatic heterocycles. The van der Waals surface area contributed by atoms with Gasteiger partial charge in [-0.3, -0.25) is 4.79 Å². The molecule has 0 bridgehead atoms. The van der Waals surface area contributed by atoms with E-state index in [4.69, 9.17) is 9.88 Å². The first-order valence-corrected chi connectivity index (χ1v) is 8.74. The standard InChI is InChI=1S/C12H18N2O4S2/c1-18-11-4-3-9(6-12(11)20(13,16)17)5-10(7-19-2)14-8-15/h3-4,6,8,10H,5,7H2,1-2H3,(H,14,15)(H2,13,16,17)/t10-/m0/s1. The SMILES string of the molecule is COc1ccc(C[C@@H](CSC)NC=O)cc1S(N)(=O)=O. The number of primary sulfonamides is 1. The fourth-order valence-electron chi connectivity index (χ4n) is 1.82. The molecule has 0 aliphatic carbocycles. The van der Waals surface area contributed by atoms with Crippen LogP contribution in [0.15, 0.2) is 23.1 Å². The second-order valence-electron chi connectivity index (χ2n) is 4.17. The summed E-state index contributed by atoms with van der Waals surface area (Å²) in [6.07, 6.45) is 3.10. The lowest BCUT2D eigenvalue weighted by atomic mass is 10.1. The molecule has 1 aromatic carbocycles. The highest BCUT2D eigenvalue weighted by atomic mass is 32.2. The third-order valence-corrected chi connectivity index (χ3v) is 4.36. The van der Waals surface area contributed by atoms with Crippen LogP contribution < -0.4 is 15.2 Å². The summed E-state index contributed by atoms with van der Waals surface area (Å²) in [5.74, 6) is 0.941. The Morgan fingerprint density at radius 3 is 2.70 bits per heavy atom. The van der Waals surface area contributed by atoms with Gasteiger partial charge in [-0.25, -0.2) is 13.6 Å². The molecule has 0 unspecified atom stereocenters. The number of carbonyl (C=O) groups excluding carboxylic acids is 1. The molecule has 0 aliphatic rings. The van der Waals surface area contributed by atoms with E-state index in [0.717, 1.165) is 11.3 Å². The molecule has 1 amide bonds. The van der Waals surface area contributed by atoms with Crippen LogP contribution in [-0.2, 0) is 21.2 Å². The number of thioether (sulfide) groups is 1. The first-order chi connectivity index (χ1) is 9.42. The fourth-order valence-corrected chi connectivity index (χ4v) is 3.18. The zero-order valence-corrected chi connectivity index (χ0v) is 13.0. The lowest BCUT2D eigenvalue weighted by Gasteiger charge is -2.16. The van der Waals surface area contributed by atoms with Crippen molar-refractivity contribution >= 4 is 28.2 Å². The average molecular weight is 318 g/mol. The summed E-state index contributed by atoms with van der Waals surface area (Å²) in [7, 11) is -2.47. The van der Waals surface area contributed by atoms with Crippen molar-refractivity contribution in [3.8, 4) is 5.75 Å². The minimum atomic E-state index is -3.85.